The first-order chi connectivity index (χ1) is 6.77. The topological polar surface area (TPSA) is 29.1 Å². The second kappa shape index (κ2) is 4.43. The minimum atomic E-state index is -0.758. The zero-order valence-electron chi connectivity index (χ0n) is 7.70. The molecule has 2 atom stereocenters. The Hall–Kier alpha value is -0.380. The molecule has 4 heteroatoms. The molecule has 1 aliphatic heterocycles. The monoisotopic (exact) mass is 229 g/mol. The molecule has 1 aromatic rings. The number of hydrogen-bond donors (Lipinski definition) is 1. The number of benzene rings is 1. The van der Waals surface area contributed by atoms with E-state index in [4.69, 9.17) is 11.6 Å². The summed E-state index contributed by atoms with van der Waals surface area (Å²) in [6.45, 7) is 1.64. The lowest BCUT2D eigenvalue weighted by atomic mass is 10.1. The lowest BCUT2D eigenvalue weighted by Crippen LogP contribution is -2.35. The first-order valence-corrected chi connectivity index (χ1v) is 6.37. The maximum atomic E-state index is 11.7. The van der Waals surface area contributed by atoms with E-state index >= 15 is 0 Å². The number of nitrogens with one attached hydrogen (secondary N) is 1. The molecule has 76 valence electrons. The first kappa shape index (κ1) is 10.1. The van der Waals surface area contributed by atoms with Gasteiger partial charge in [0.25, 0.3) is 0 Å². The van der Waals surface area contributed by atoms with Crippen LogP contribution in [0.5, 0.6) is 0 Å². The molecular weight excluding hydrogens is 218 g/mol. The highest BCUT2D eigenvalue weighted by molar-refractivity contribution is 7.85. The lowest BCUT2D eigenvalue weighted by Gasteiger charge is -2.22. The fourth-order valence-corrected chi connectivity index (χ4v) is 3.20. The highest BCUT2D eigenvalue weighted by atomic mass is 35.5. The van der Waals surface area contributed by atoms with E-state index < -0.39 is 10.8 Å². The van der Waals surface area contributed by atoms with Gasteiger partial charge in [-0.15, -0.1) is 0 Å². The normalized spacial score (nSPS) is 27.5. The Bertz CT molecular complexity index is 356. The van der Waals surface area contributed by atoms with Crippen LogP contribution in [-0.2, 0) is 10.8 Å². The van der Waals surface area contributed by atoms with Gasteiger partial charge in [0, 0.05) is 34.7 Å². The highest BCUT2D eigenvalue weighted by Gasteiger charge is 2.22. The summed E-state index contributed by atoms with van der Waals surface area (Å²) in [5, 5.41) is 4.06. The van der Waals surface area contributed by atoms with E-state index in [1.54, 1.807) is 0 Å². The maximum Gasteiger partial charge on any atom is 0.0722 e. The average molecular weight is 230 g/mol. The van der Waals surface area contributed by atoms with Gasteiger partial charge in [-0.25, -0.2) is 0 Å². The van der Waals surface area contributed by atoms with Crippen molar-refractivity contribution >= 4 is 22.4 Å². The molecule has 0 aliphatic carbocycles. The molecule has 1 N–H and O–H groups in total. The SMILES string of the molecule is O=S1CCNCC1c1cccc(Cl)c1. The van der Waals surface area contributed by atoms with Crippen molar-refractivity contribution in [1.82, 2.24) is 5.32 Å². The van der Waals surface area contributed by atoms with Crippen LogP contribution >= 0.6 is 11.6 Å². The van der Waals surface area contributed by atoms with Gasteiger partial charge in [-0.1, -0.05) is 23.7 Å². The van der Waals surface area contributed by atoms with Gasteiger partial charge in [-0.2, -0.15) is 0 Å². The molecule has 1 aliphatic rings. The molecule has 0 radical (unpaired) electrons. The van der Waals surface area contributed by atoms with Crippen molar-refractivity contribution in [2.75, 3.05) is 18.8 Å². The van der Waals surface area contributed by atoms with E-state index in [0.717, 1.165) is 24.4 Å². The van der Waals surface area contributed by atoms with Crippen LogP contribution in [0.3, 0.4) is 0 Å². The van der Waals surface area contributed by atoms with Crippen LogP contribution < -0.4 is 5.32 Å². The second-order valence-corrected chi connectivity index (χ2v) is 5.51. The molecule has 0 aromatic heterocycles. The molecule has 1 saturated heterocycles. The van der Waals surface area contributed by atoms with Gasteiger partial charge < -0.3 is 5.32 Å². The third-order valence-corrected chi connectivity index (χ3v) is 4.26. The molecule has 14 heavy (non-hydrogen) atoms. The summed E-state index contributed by atoms with van der Waals surface area (Å²) in [6, 6.07) is 7.63. The van der Waals surface area contributed by atoms with Gasteiger partial charge >= 0.3 is 0 Å². The molecule has 2 nitrogen and oxygen atoms in total. The smallest absolute Gasteiger partial charge is 0.0722 e. The summed E-state index contributed by atoms with van der Waals surface area (Å²) in [5.41, 5.74) is 1.07. The fraction of sp³-hybridized carbons (Fsp3) is 0.400. The van der Waals surface area contributed by atoms with E-state index in [0.29, 0.717) is 5.02 Å². The van der Waals surface area contributed by atoms with Crippen molar-refractivity contribution in [2.45, 2.75) is 5.25 Å². The van der Waals surface area contributed by atoms with Crippen molar-refractivity contribution in [3.8, 4) is 0 Å². The van der Waals surface area contributed by atoms with Crippen LogP contribution in [0.25, 0.3) is 0 Å². The Morgan fingerprint density at radius 1 is 1.50 bits per heavy atom. The van der Waals surface area contributed by atoms with Crippen LogP contribution in [-0.4, -0.2) is 23.1 Å². The van der Waals surface area contributed by atoms with Gasteiger partial charge in [0.15, 0.2) is 0 Å². The Balaban J connectivity index is 2.24. The van der Waals surface area contributed by atoms with E-state index in [1.165, 1.54) is 0 Å². The number of rotatable bonds is 1. The molecule has 1 heterocycles. The van der Waals surface area contributed by atoms with Crippen LogP contribution in [0.1, 0.15) is 10.8 Å². The maximum absolute atomic E-state index is 11.7. The third-order valence-electron chi connectivity index (χ3n) is 2.35. The second-order valence-electron chi connectivity index (χ2n) is 3.33. The highest BCUT2D eigenvalue weighted by Crippen LogP contribution is 2.23. The first-order valence-electron chi connectivity index (χ1n) is 4.61. The predicted octanol–water partition coefficient (Wildman–Crippen LogP) is 1.73. The molecule has 1 aromatic carbocycles. The zero-order valence-corrected chi connectivity index (χ0v) is 9.27. The van der Waals surface area contributed by atoms with Crippen LogP contribution in [0.4, 0.5) is 0 Å². The third kappa shape index (κ3) is 2.16. The average Bonchev–Trinajstić information content (AvgIpc) is 2.18. The van der Waals surface area contributed by atoms with Crippen molar-refractivity contribution in [3.63, 3.8) is 0 Å². The van der Waals surface area contributed by atoms with Crippen LogP contribution in [0, 0.1) is 0 Å². The molecular formula is C10H12ClNOS. The molecule has 0 amide bonds. The Morgan fingerprint density at radius 3 is 3.07 bits per heavy atom. The molecule has 1 fully saturated rings. The van der Waals surface area contributed by atoms with Gasteiger partial charge in [0.2, 0.25) is 0 Å². The molecule has 0 saturated carbocycles. The largest absolute Gasteiger partial charge is 0.314 e. The van der Waals surface area contributed by atoms with Gasteiger partial charge in [0.05, 0.1) is 5.25 Å². The van der Waals surface area contributed by atoms with E-state index in [2.05, 4.69) is 5.32 Å². The van der Waals surface area contributed by atoms with Crippen molar-refractivity contribution in [2.24, 2.45) is 0 Å². The van der Waals surface area contributed by atoms with E-state index in [1.807, 2.05) is 24.3 Å². The van der Waals surface area contributed by atoms with E-state index in [9.17, 15) is 4.21 Å². The number of halogens is 1. The van der Waals surface area contributed by atoms with Crippen molar-refractivity contribution in [3.05, 3.63) is 34.9 Å². The Morgan fingerprint density at radius 2 is 2.36 bits per heavy atom. The summed E-state index contributed by atoms with van der Waals surface area (Å²) < 4.78 is 11.7. The summed E-state index contributed by atoms with van der Waals surface area (Å²) in [6.07, 6.45) is 0. The zero-order chi connectivity index (χ0) is 9.97. The van der Waals surface area contributed by atoms with E-state index in [-0.39, 0.29) is 5.25 Å². The summed E-state index contributed by atoms with van der Waals surface area (Å²) >= 11 is 5.89. The lowest BCUT2D eigenvalue weighted by molar-refractivity contribution is 0.624. The quantitative estimate of drug-likeness (QED) is 0.795. The van der Waals surface area contributed by atoms with Gasteiger partial charge in [-0.3, -0.25) is 4.21 Å². The van der Waals surface area contributed by atoms with Crippen LogP contribution in [0.15, 0.2) is 24.3 Å². The van der Waals surface area contributed by atoms with Crippen LogP contribution in [0.2, 0.25) is 5.02 Å². The minimum Gasteiger partial charge on any atom is -0.314 e. The van der Waals surface area contributed by atoms with Gasteiger partial charge in [-0.05, 0) is 17.7 Å². The predicted molar refractivity (Wildman–Crippen MR) is 60.1 cm³/mol. The standard InChI is InChI=1S/C10H12ClNOS/c11-9-3-1-2-8(6-9)10-7-12-4-5-14(10)13/h1-3,6,10,12H,4-5,7H2. The Kier molecular flexibility index (Phi) is 3.21. The van der Waals surface area contributed by atoms with Crippen molar-refractivity contribution in [1.29, 1.82) is 0 Å². The Labute approximate surface area is 91.1 Å². The van der Waals surface area contributed by atoms with Gasteiger partial charge in [0.1, 0.15) is 0 Å². The van der Waals surface area contributed by atoms with Crippen molar-refractivity contribution < 1.29 is 4.21 Å². The fourth-order valence-electron chi connectivity index (χ4n) is 1.62. The molecule has 2 rings (SSSR count). The molecule has 2 unspecified atom stereocenters. The molecule has 0 spiro atoms. The summed E-state index contributed by atoms with van der Waals surface area (Å²) in [4.78, 5) is 0. The minimum absolute atomic E-state index is 0.0995. The summed E-state index contributed by atoms with van der Waals surface area (Å²) in [7, 11) is -0.758. The summed E-state index contributed by atoms with van der Waals surface area (Å²) in [5.74, 6) is 0.733. The molecule has 0 bridgehead atoms. The number of hydrogen-bond acceptors (Lipinski definition) is 2.